The first kappa shape index (κ1) is 27.3. The Morgan fingerprint density at radius 2 is 1.74 bits per heavy atom. The number of fused-ring (bicyclic) bond motifs is 1. The number of benzene rings is 1. The van der Waals surface area contributed by atoms with E-state index in [1.54, 1.807) is 31.2 Å². The van der Waals surface area contributed by atoms with E-state index in [0.29, 0.717) is 16.2 Å². The quantitative estimate of drug-likeness (QED) is 0.283. The topological polar surface area (TPSA) is 117 Å². The number of hydrogen-bond acceptors (Lipinski definition) is 5. The molecule has 14 heteroatoms. The number of aryl methyl sites for hydroxylation is 1. The zero-order valence-corrected chi connectivity index (χ0v) is 20.9. The molecule has 1 aliphatic rings. The van der Waals surface area contributed by atoms with E-state index in [-0.39, 0.29) is 22.3 Å². The van der Waals surface area contributed by atoms with E-state index in [2.05, 4.69) is 20.2 Å². The first-order chi connectivity index (χ1) is 18.4. The molecule has 0 bridgehead atoms. The third-order valence-corrected chi connectivity index (χ3v) is 5.70. The number of hydrogen-bond donors (Lipinski definition) is 2. The summed E-state index contributed by atoms with van der Waals surface area (Å²) in [5.74, 6) is -1.02. The normalized spacial score (nSPS) is 13.0. The van der Waals surface area contributed by atoms with Crippen LogP contribution < -0.4 is 16.8 Å². The van der Waals surface area contributed by atoms with Gasteiger partial charge in [-0.1, -0.05) is 29.5 Å². The van der Waals surface area contributed by atoms with E-state index in [1.807, 2.05) is 5.73 Å². The van der Waals surface area contributed by atoms with E-state index >= 15 is 0 Å². The highest BCUT2D eigenvalue weighted by Gasteiger charge is 2.33. The minimum atomic E-state index is -4.41. The minimum absolute atomic E-state index is 0.110. The molecule has 0 fully saturated rings. The van der Waals surface area contributed by atoms with Gasteiger partial charge in [0.25, 0.3) is 11.1 Å². The van der Waals surface area contributed by atoms with Crippen molar-refractivity contribution in [3.8, 4) is 22.3 Å². The summed E-state index contributed by atoms with van der Waals surface area (Å²) in [5, 5.41) is 6.73. The summed E-state index contributed by atoms with van der Waals surface area (Å²) in [5.41, 5.74) is 0.887. The van der Waals surface area contributed by atoms with Gasteiger partial charge in [0.2, 0.25) is 0 Å². The average Bonchev–Trinajstić information content (AvgIpc) is 3.11. The second-order valence-electron chi connectivity index (χ2n) is 8.14. The molecular weight excluding hydrogens is 544 g/mol. The predicted octanol–water partition coefficient (Wildman–Crippen LogP) is 4.15. The summed E-state index contributed by atoms with van der Waals surface area (Å²) >= 11 is 5.93. The van der Waals surface area contributed by atoms with Crippen LogP contribution in [-0.4, -0.2) is 36.8 Å². The van der Waals surface area contributed by atoms with Crippen molar-refractivity contribution in [2.75, 3.05) is 0 Å². The van der Waals surface area contributed by atoms with E-state index in [0.717, 1.165) is 15.3 Å². The Balaban J connectivity index is 0.000000247. The Hall–Kier alpha value is -4.74. The Morgan fingerprint density at radius 1 is 1.05 bits per heavy atom. The van der Waals surface area contributed by atoms with Crippen molar-refractivity contribution in [2.24, 2.45) is 12.0 Å². The second-order valence-corrected chi connectivity index (χ2v) is 8.58. The lowest BCUT2D eigenvalue weighted by molar-refractivity contribution is -0.0920. The van der Waals surface area contributed by atoms with Gasteiger partial charge in [-0.25, -0.2) is 24.0 Å². The lowest BCUT2D eigenvalue weighted by atomic mass is 9.97. The van der Waals surface area contributed by atoms with Crippen LogP contribution in [0.3, 0.4) is 0 Å². The molecule has 0 saturated heterocycles. The summed E-state index contributed by atoms with van der Waals surface area (Å²) in [6.07, 6.45) is 0.747. The minimum Gasteiger partial charge on any atom is -0.326 e. The maximum atomic E-state index is 13.9. The van der Waals surface area contributed by atoms with E-state index in [1.165, 1.54) is 31.6 Å². The van der Waals surface area contributed by atoms with Gasteiger partial charge in [-0.05, 0) is 48.4 Å². The van der Waals surface area contributed by atoms with Crippen LogP contribution in [0.2, 0.25) is 5.02 Å². The standard InChI is InChI=1S/C17H11ClFN5O3.C8H6F3N/c1-23-16(26)13(8-2-4-10(18)5-3-8)12(14-21-22-17(27)24(14)23)9-6-11(19)15(25)20-7-9;1-6-3-2-4-7(12-5-6)8(9,10)11/h2-7H,1H3,(H,20,25)(H,22,27);2-3,5H,1H3. The molecule has 9 nitrogen and oxygen atoms in total. The number of aromatic amines is 2. The van der Waals surface area contributed by atoms with E-state index in [9.17, 15) is 31.9 Å². The summed E-state index contributed by atoms with van der Waals surface area (Å²) < 4.78 is 52.0. The van der Waals surface area contributed by atoms with E-state index in [4.69, 9.17) is 11.6 Å². The molecule has 0 saturated carbocycles. The molecule has 0 amide bonds. The molecule has 0 unspecified atom stereocenters. The van der Waals surface area contributed by atoms with Crippen molar-refractivity contribution in [3.05, 3.63) is 108 Å². The van der Waals surface area contributed by atoms with Crippen molar-refractivity contribution in [3.63, 3.8) is 0 Å². The van der Waals surface area contributed by atoms with Crippen molar-refractivity contribution in [2.45, 2.75) is 13.1 Å². The number of aromatic nitrogens is 5. The molecule has 1 aromatic carbocycles. The largest absolute Gasteiger partial charge is 0.440 e. The number of pyridine rings is 1. The summed E-state index contributed by atoms with van der Waals surface area (Å²) in [6, 6.07) is 7.47. The van der Waals surface area contributed by atoms with Crippen molar-refractivity contribution in [1.82, 2.24) is 24.4 Å². The van der Waals surface area contributed by atoms with Crippen LogP contribution in [0.5, 0.6) is 0 Å². The van der Waals surface area contributed by atoms with Gasteiger partial charge in [0.05, 0.1) is 5.56 Å². The number of rotatable bonds is 2. The molecule has 4 aromatic rings. The molecule has 200 valence electrons. The fourth-order valence-corrected chi connectivity index (χ4v) is 3.74. The van der Waals surface area contributed by atoms with Crippen LogP contribution in [0.25, 0.3) is 27.9 Å². The van der Waals surface area contributed by atoms with Crippen LogP contribution >= 0.6 is 11.6 Å². The van der Waals surface area contributed by atoms with E-state index < -0.39 is 34.5 Å². The number of nitrogens with zero attached hydrogens (tertiary/aromatic N) is 4. The number of halogens is 5. The Labute approximate surface area is 220 Å². The molecule has 0 radical (unpaired) electrons. The molecule has 0 atom stereocenters. The highest BCUT2D eigenvalue weighted by molar-refractivity contribution is 6.30. The fraction of sp³-hybridized carbons (Fsp3) is 0.120. The lowest BCUT2D eigenvalue weighted by Gasteiger charge is -2.13. The monoisotopic (exact) mass is 560 g/mol. The Morgan fingerprint density at radius 3 is 2.38 bits per heavy atom. The number of allylic oxidation sites excluding steroid dienone is 3. The number of aliphatic imine (C=N–C) groups is 1. The van der Waals surface area contributed by atoms with Crippen molar-refractivity contribution in [1.29, 1.82) is 0 Å². The molecule has 1 aliphatic heterocycles. The molecule has 3 aromatic heterocycles. The highest BCUT2D eigenvalue weighted by atomic mass is 35.5. The SMILES string of the molecule is CC1=CC=C=C(C(F)(F)F)N=C1.Cn1c(=O)c(-c2ccc(Cl)cc2)c(-c2c[nH]c(=O)c(F)c2)c2n[nH]c(=O)n21. The molecule has 2 N–H and O–H groups in total. The second kappa shape index (κ2) is 10.6. The average molecular weight is 561 g/mol. The predicted molar refractivity (Wildman–Crippen MR) is 137 cm³/mol. The third kappa shape index (κ3) is 5.59. The molecule has 4 heterocycles. The zero-order chi connectivity index (χ0) is 28.5. The molecule has 39 heavy (non-hydrogen) atoms. The maximum absolute atomic E-state index is 13.9. The van der Waals surface area contributed by atoms with Gasteiger partial charge >= 0.3 is 11.9 Å². The highest BCUT2D eigenvalue weighted by Crippen LogP contribution is 2.32. The summed E-state index contributed by atoms with van der Waals surface area (Å²) in [7, 11) is 1.42. The van der Waals surface area contributed by atoms with Crippen molar-refractivity contribution >= 4 is 23.5 Å². The third-order valence-electron chi connectivity index (χ3n) is 5.44. The first-order valence-electron chi connectivity index (χ1n) is 11.0. The molecule has 5 rings (SSSR count). The van der Waals surface area contributed by atoms with Gasteiger partial charge in [-0.3, -0.25) is 9.59 Å². The summed E-state index contributed by atoms with van der Waals surface area (Å²) in [6.45, 7) is 1.67. The van der Waals surface area contributed by atoms with Crippen LogP contribution in [-0.2, 0) is 7.05 Å². The zero-order valence-electron chi connectivity index (χ0n) is 20.1. The number of nitrogens with one attached hydrogen (secondary N) is 2. The van der Waals surface area contributed by atoms with Gasteiger partial charge in [0, 0.05) is 35.6 Å². The summed E-state index contributed by atoms with van der Waals surface area (Å²) in [4.78, 5) is 42.0. The van der Waals surface area contributed by atoms with Crippen LogP contribution in [0, 0.1) is 5.82 Å². The first-order valence-corrected chi connectivity index (χ1v) is 11.4. The van der Waals surface area contributed by atoms with Gasteiger partial charge in [-0.15, -0.1) is 0 Å². The smallest absolute Gasteiger partial charge is 0.326 e. The number of H-pyrrole nitrogens is 2. The van der Waals surface area contributed by atoms with Crippen LogP contribution in [0.15, 0.2) is 85.1 Å². The van der Waals surface area contributed by atoms with Gasteiger partial charge in [0.1, 0.15) is 0 Å². The van der Waals surface area contributed by atoms with Gasteiger partial charge in [-0.2, -0.15) is 22.8 Å². The lowest BCUT2D eigenvalue weighted by Crippen LogP contribution is -2.31. The van der Waals surface area contributed by atoms with Gasteiger partial charge < -0.3 is 4.98 Å². The fourth-order valence-electron chi connectivity index (χ4n) is 3.62. The van der Waals surface area contributed by atoms with Crippen LogP contribution in [0.1, 0.15) is 6.92 Å². The molecule has 0 aliphatic carbocycles. The Kier molecular flexibility index (Phi) is 7.39. The molecule has 0 spiro atoms. The number of alkyl halides is 3. The Bertz CT molecular complexity index is 1890. The van der Waals surface area contributed by atoms with Crippen molar-refractivity contribution < 1.29 is 17.6 Å². The van der Waals surface area contributed by atoms with Gasteiger partial charge in [0.15, 0.2) is 17.2 Å². The maximum Gasteiger partial charge on any atom is 0.440 e. The van der Waals surface area contributed by atoms with Crippen LogP contribution in [0.4, 0.5) is 17.6 Å². The molecular formula is C25H17ClF4N6O3.